The molecule has 0 unspecified atom stereocenters. The summed E-state index contributed by atoms with van der Waals surface area (Å²) in [5.41, 5.74) is 0.923. The first kappa shape index (κ1) is 16.3. The fourth-order valence-electron chi connectivity index (χ4n) is 1.63. The van der Waals surface area contributed by atoms with Crippen LogP contribution in [0.15, 0.2) is 23.4 Å². The monoisotopic (exact) mass is 335 g/mol. The van der Waals surface area contributed by atoms with E-state index >= 15 is 0 Å². The highest BCUT2D eigenvalue weighted by atomic mass is 35.5. The summed E-state index contributed by atoms with van der Waals surface area (Å²) < 4.78 is 1.83. The largest absolute Gasteiger partial charge is 0.325 e. The van der Waals surface area contributed by atoms with Crippen LogP contribution in [0.25, 0.3) is 0 Å². The van der Waals surface area contributed by atoms with Gasteiger partial charge < -0.3 is 9.88 Å². The molecule has 1 heterocycles. The number of hydrogen-bond donors (Lipinski definition) is 1. The predicted octanol–water partition coefficient (Wildman–Crippen LogP) is 2.77. The maximum atomic E-state index is 12.2. The van der Waals surface area contributed by atoms with Gasteiger partial charge in [0.2, 0.25) is 5.91 Å². The van der Waals surface area contributed by atoms with Crippen LogP contribution in [0, 0.1) is 18.3 Å². The maximum absolute atomic E-state index is 12.2. The van der Waals surface area contributed by atoms with Crippen LogP contribution in [0.5, 0.6) is 0 Å². The highest BCUT2D eigenvalue weighted by Crippen LogP contribution is 2.24. The number of amides is 1. The van der Waals surface area contributed by atoms with Crippen molar-refractivity contribution in [2.75, 3.05) is 5.32 Å². The number of benzene rings is 1. The van der Waals surface area contributed by atoms with Gasteiger partial charge in [-0.1, -0.05) is 23.4 Å². The van der Waals surface area contributed by atoms with Crippen molar-refractivity contribution in [1.82, 2.24) is 14.8 Å². The Morgan fingerprint density at radius 2 is 2.23 bits per heavy atom. The van der Waals surface area contributed by atoms with E-state index in [1.807, 2.05) is 24.6 Å². The quantitative estimate of drug-likeness (QED) is 0.868. The third kappa shape index (κ3) is 3.59. The number of carbonyl (C=O) groups is 1. The molecule has 0 saturated heterocycles. The molecule has 0 bridgehead atoms. The number of hydrogen-bond acceptors (Lipinski definition) is 5. The molecule has 0 aliphatic heterocycles. The van der Waals surface area contributed by atoms with Crippen LogP contribution in [0.3, 0.4) is 0 Å². The molecule has 2 aromatic rings. The van der Waals surface area contributed by atoms with E-state index in [1.54, 1.807) is 25.1 Å². The first-order chi connectivity index (χ1) is 10.4. The molecule has 6 nitrogen and oxygen atoms in total. The second-order valence-corrected chi connectivity index (χ2v) is 6.36. The van der Waals surface area contributed by atoms with Crippen molar-refractivity contribution in [3.8, 4) is 6.07 Å². The molecule has 114 valence electrons. The topological polar surface area (TPSA) is 83.6 Å². The normalized spacial score (nSPS) is 11.8. The van der Waals surface area contributed by atoms with Crippen molar-refractivity contribution < 1.29 is 4.79 Å². The second kappa shape index (κ2) is 6.81. The van der Waals surface area contributed by atoms with Crippen LogP contribution in [0.2, 0.25) is 5.02 Å². The van der Waals surface area contributed by atoms with Crippen LogP contribution in [0.1, 0.15) is 18.3 Å². The molecule has 0 aliphatic rings. The summed E-state index contributed by atoms with van der Waals surface area (Å²) >= 11 is 7.27. The number of nitrogens with zero attached hydrogens (tertiary/aromatic N) is 4. The summed E-state index contributed by atoms with van der Waals surface area (Å²) in [5, 5.41) is 20.2. The highest BCUT2D eigenvalue weighted by Gasteiger charge is 2.18. The number of anilines is 1. The number of halogens is 1. The Labute approximate surface area is 137 Å². The van der Waals surface area contributed by atoms with Crippen LogP contribution >= 0.6 is 23.4 Å². The zero-order valence-corrected chi connectivity index (χ0v) is 13.9. The van der Waals surface area contributed by atoms with E-state index in [-0.39, 0.29) is 11.2 Å². The van der Waals surface area contributed by atoms with Crippen LogP contribution in [-0.4, -0.2) is 25.9 Å². The van der Waals surface area contributed by atoms with Gasteiger partial charge in [0, 0.05) is 12.7 Å². The molecular weight excluding hydrogens is 322 g/mol. The molecule has 0 radical (unpaired) electrons. The Bertz CT molecular complexity index is 752. The third-order valence-corrected chi connectivity index (χ3v) is 4.51. The fourth-order valence-corrected chi connectivity index (χ4v) is 2.71. The Balaban J connectivity index is 2.04. The number of aromatic nitrogens is 3. The van der Waals surface area contributed by atoms with Crippen LogP contribution in [0.4, 0.5) is 5.69 Å². The van der Waals surface area contributed by atoms with E-state index in [0.29, 0.717) is 21.4 Å². The van der Waals surface area contributed by atoms with Crippen LogP contribution < -0.4 is 5.32 Å². The summed E-state index contributed by atoms with van der Waals surface area (Å²) in [6, 6.07) is 6.75. The number of nitrogens with one attached hydrogen (secondary N) is 1. The van der Waals surface area contributed by atoms with E-state index in [2.05, 4.69) is 15.5 Å². The Morgan fingerprint density at radius 3 is 2.77 bits per heavy atom. The van der Waals surface area contributed by atoms with E-state index in [0.717, 1.165) is 5.82 Å². The minimum atomic E-state index is -0.350. The van der Waals surface area contributed by atoms with E-state index in [9.17, 15) is 4.79 Å². The number of carbonyl (C=O) groups excluding carboxylic acids is 1. The van der Waals surface area contributed by atoms with Crippen molar-refractivity contribution in [1.29, 1.82) is 5.26 Å². The molecular formula is C14H14ClN5OS. The zero-order valence-electron chi connectivity index (χ0n) is 12.3. The van der Waals surface area contributed by atoms with Gasteiger partial charge >= 0.3 is 0 Å². The smallest absolute Gasteiger partial charge is 0.237 e. The minimum Gasteiger partial charge on any atom is -0.325 e. The van der Waals surface area contributed by atoms with Crippen molar-refractivity contribution in [2.45, 2.75) is 24.3 Å². The number of rotatable bonds is 4. The molecule has 1 aromatic heterocycles. The number of thioether (sulfide) groups is 1. The SMILES string of the molecule is Cc1nnc(S[C@H](C)C(=O)Nc2ccc(C#N)c(Cl)c2)n1C. The van der Waals surface area contributed by atoms with Gasteiger partial charge in [-0.15, -0.1) is 10.2 Å². The molecule has 0 fully saturated rings. The average molecular weight is 336 g/mol. The molecule has 1 aromatic carbocycles. The molecule has 0 spiro atoms. The second-order valence-electron chi connectivity index (χ2n) is 4.64. The Kier molecular flexibility index (Phi) is 5.06. The molecule has 1 atom stereocenters. The van der Waals surface area contributed by atoms with Gasteiger partial charge in [0.1, 0.15) is 11.9 Å². The lowest BCUT2D eigenvalue weighted by molar-refractivity contribution is -0.115. The van der Waals surface area contributed by atoms with E-state index < -0.39 is 0 Å². The lowest BCUT2D eigenvalue weighted by Crippen LogP contribution is -2.22. The number of aryl methyl sites for hydroxylation is 1. The minimum absolute atomic E-state index is 0.175. The summed E-state index contributed by atoms with van der Waals surface area (Å²) in [5.74, 6) is 0.611. The van der Waals surface area contributed by atoms with Gasteiger partial charge in [-0.25, -0.2) is 0 Å². The molecule has 22 heavy (non-hydrogen) atoms. The summed E-state index contributed by atoms with van der Waals surface area (Å²) in [7, 11) is 1.85. The van der Waals surface area contributed by atoms with Gasteiger partial charge in [0.15, 0.2) is 5.16 Å². The molecule has 8 heteroatoms. The third-order valence-electron chi connectivity index (χ3n) is 3.06. The Hall–Kier alpha value is -2.04. The molecule has 2 rings (SSSR count). The number of nitriles is 1. The average Bonchev–Trinajstić information content (AvgIpc) is 2.79. The fraction of sp³-hybridized carbons (Fsp3) is 0.286. The molecule has 0 aliphatic carbocycles. The molecule has 0 saturated carbocycles. The van der Waals surface area contributed by atoms with Gasteiger partial charge in [-0.3, -0.25) is 4.79 Å². The lowest BCUT2D eigenvalue weighted by Gasteiger charge is -2.12. The highest BCUT2D eigenvalue weighted by molar-refractivity contribution is 8.00. The van der Waals surface area contributed by atoms with Gasteiger partial charge in [-0.2, -0.15) is 5.26 Å². The van der Waals surface area contributed by atoms with Crippen molar-refractivity contribution in [3.63, 3.8) is 0 Å². The summed E-state index contributed by atoms with van der Waals surface area (Å²) in [6.07, 6.45) is 0. The van der Waals surface area contributed by atoms with Gasteiger partial charge in [0.25, 0.3) is 0 Å². The van der Waals surface area contributed by atoms with Crippen LogP contribution in [-0.2, 0) is 11.8 Å². The maximum Gasteiger partial charge on any atom is 0.237 e. The molecule has 1 amide bonds. The zero-order chi connectivity index (χ0) is 16.3. The first-order valence-corrected chi connectivity index (χ1v) is 7.71. The Morgan fingerprint density at radius 1 is 1.50 bits per heavy atom. The summed E-state index contributed by atoms with van der Waals surface area (Å²) in [6.45, 7) is 3.63. The van der Waals surface area contributed by atoms with Crippen molar-refractivity contribution >= 4 is 35.0 Å². The van der Waals surface area contributed by atoms with Gasteiger partial charge in [-0.05, 0) is 32.0 Å². The van der Waals surface area contributed by atoms with Crippen molar-refractivity contribution in [2.24, 2.45) is 7.05 Å². The van der Waals surface area contributed by atoms with Crippen molar-refractivity contribution in [3.05, 3.63) is 34.6 Å². The standard InChI is InChI=1S/C14H14ClN5OS/c1-8(22-14-19-18-9(2)20(14)3)13(21)17-11-5-4-10(7-16)12(15)6-11/h4-6,8H,1-3H3,(H,17,21)/t8-/m1/s1. The molecule has 1 N–H and O–H groups in total. The lowest BCUT2D eigenvalue weighted by atomic mass is 10.2. The van der Waals surface area contributed by atoms with E-state index in [4.69, 9.17) is 16.9 Å². The predicted molar refractivity (Wildman–Crippen MR) is 85.9 cm³/mol. The van der Waals surface area contributed by atoms with Gasteiger partial charge in [0.05, 0.1) is 15.8 Å². The summed E-state index contributed by atoms with van der Waals surface area (Å²) in [4.78, 5) is 12.2. The van der Waals surface area contributed by atoms with E-state index in [1.165, 1.54) is 11.8 Å². The first-order valence-electron chi connectivity index (χ1n) is 6.45.